The lowest BCUT2D eigenvalue weighted by molar-refractivity contribution is -0.0776. The standard InChI is InChI=1S/C14H29NO/c1-5-12(9-15)16-14-8-11(4)6-7-13(14)10(2)3/h10-14H,5-9,15H2,1-4H3. The van der Waals surface area contributed by atoms with E-state index < -0.39 is 0 Å². The quantitative estimate of drug-likeness (QED) is 0.783. The van der Waals surface area contributed by atoms with Crippen molar-refractivity contribution in [3.8, 4) is 0 Å². The summed E-state index contributed by atoms with van der Waals surface area (Å²) in [6.07, 6.45) is 5.65. The maximum Gasteiger partial charge on any atom is 0.0698 e. The molecular formula is C14H29NO. The molecule has 4 unspecified atom stereocenters. The van der Waals surface area contributed by atoms with E-state index in [2.05, 4.69) is 27.7 Å². The van der Waals surface area contributed by atoms with E-state index in [4.69, 9.17) is 10.5 Å². The predicted molar refractivity (Wildman–Crippen MR) is 69.3 cm³/mol. The van der Waals surface area contributed by atoms with E-state index in [1.807, 2.05) is 0 Å². The fourth-order valence-electron chi connectivity index (χ4n) is 2.84. The molecular weight excluding hydrogens is 198 g/mol. The Morgan fingerprint density at radius 3 is 2.50 bits per heavy atom. The van der Waals surface area contributed by atoms with E-state index in [-0.39, 0.29) is 6.10 Å². The second-order valence-corrected chi connectivity index (χ2v) is 5.77. The Morgan fingerprint density at radius 1 is 1.31 bits per heavy atom. The van der Waals surface area contributed by atoms with Crippen LogP contribution in [-0.4, -0.2) is 18.8 Å². The highest BCUT2D eigenvalue weighted by Gasteiger charge is 2.32. The van der Waals surface area contributed by atoms with Crippen LogP contribution in [-0.2, 0) is 4.74 Å². The van der Waals surface area contributed by atoms with Gasteiger partial charge in [0.25, 0.3) is 0 Å². The lowest BCUT2D eigenvalue weighted by atomic mass is 9.75. The van der Waals surface area contributed by atoms with E-state index in [0.29, 0.717) is 12.6 Å². The van der Waals surface area contributed by atoms with Crippen LogP contribution in [0.2, 0.25) is 0 Å². The van der Waals surface area contributed by atoms with Crippen LogP contribution in [0.4, 0.5) is 0 Å². The van der Waals surface area contributed by atoms with E-state index >= 15 is 0 Å². The lowest BCUT2D eigenvalue weighted by Crippen LogP contribution is -2.38. The van der Waals surface area contributed by atoms with E-state index in [1.54, 1.807) is 0 Å². The highest BCUT2D eigenvalue weighted by atomic mass is 16.5. The Balaban J connectivity index is 2.56. The number of nitrogens with two attached hydrogens (primary N) is 1. The molecule has 0 saturated heterocycles. The summed E-state index contributed by atoms with van der Waals surface area (Å²) in [7, 11) is 0. The zero-order chi connectivity index (χ0) is 12.1. The Bertz CT molecular complexity index is 189. The molecule has 1 saturated carbocycles. The third kappa shape index (κ3) is 3.74. The van der Waals surface area contributed by atoms with Crippen LogP contribution in [0.25, 0.3) is 0 Å². The van der Waals surface area contributed by atoms with Crippen LogP contribution in [0.15, 0.2) is 0 Å². The zero-order valence-corrected chi connectivity index (χ0v) is 11.4. The van der Waals surface area contributed by atoms with Crippen LogP contribution in [0.3, 0.4) is 0 Å². The first-order valence-electron chi connectivity index (χ1n) is 6.93. The molecule has 0 radical (unpaired) electrons. The molecule has 4 atom stereocenters. The summed E-state index contributed by atoms with van der Waals surface area (Å²) in [6, 6.07) is 0. The molecule has 16 heavy (non-hydrogen) atoms. The van der Waals surface area contributed by atoms with Crippen molar-refractivity contribution >= 4 is 0 Å². The molecule has 96 valence electrons. The molecule has 0 spiro atoms. The summed E-state index contributed by atoms with van der Waals surface area (Å²) >= 11 is 0. The molecule has 2 N–H and O–H groups in total. The molecule has 2 nitrogen and oxygen atoms in total. The predicted octanol–water partition coefficient (Wildman–Crippen LogP) is 3.20. The second kappa shape index (κ2) is 6.61. The molecule has 0 bridgehead atoms. The second-order valence-electron chi connectivity index (χ2n) is 5.77. The first-order valence-corrected chi connectivity index (χ1v) is 6.93. The van der Waals surface area contributed by atoms with Crippen molar-refractivity contribution in [1.82, 2.24) is 0 Å². The van der Waals surface area contributed by atoms with Crippen molar-refractivity contribution < 1.29 is 4.74 Å². The third-order valence-electron chi connectivity index (χ3n) is 4.05. The van der Waals surface area contributed by atoms with E-state index in [0.717, 1.165) is 24.2 Å². The molecule has 0 aromatic heterocycles. The lowest BCUT2D eigenvalue weighted by Gasteiger charge is -2.38. The van der Waals surface area contributed by atoms with Gasteiger partial charge in [0.05, 0.1) is 12.2 Å². The number of ether oxygens (including phenoxy) is 1. The van der Waals surface area contributed by atoms with Gasteiger partial charge < -0.3 is 10.5 Å². The van der Waals surface area contributed by atoms with Crippen molar-refractivity contribution in [2.75, 3.05) is 6.54 Å². The van der Waals surface area contributed by atoms with Gasteiger partial charge in [-0.1, -0.05) is 34.1 Å². The number of hydrogen-bond donors (Lipinski definition) is 1. The first-order chi connectivity index (χ1) is 7.58. The van der Waals surface area contributed by atoms with Gasteiger partial charge in [-0.25, -0.2) is 0 Å². The number of rotatable bonds is 5. The van der Waals surface area contributed by atoms with Gasteiger partial charge in [-0.2, -0.15) is 0 Å². The minimum Gasteiger partial charge on any atom is -0.373 e. The fraction of sp³-hybridized carbons (Fsp3) is 1.00. The minimum absolute atomic E-state index is 0.261. The zero-order valence-electron chi connectivity index (χ0n) is 11.4. The van der Waals surface area contributed by atoms with Gasteiger partial charge in [0.15, 0.2) is 0 Å². The molecule has 1 aliphatic carbocycles. The van der Waals surface area contributed by atoms with E-state index in [9.17, 15) is 0 Å². The Hall–Kier alpha value is -0.0800. The highest BCUT2D eigenvalue weighted by molar-refractivity contribution is 4.82. The minimum atomic E-state index is 0.261. The maximum absolute atomic E-state index is 6.21. The molecule has 1 aliphatic rings. The van der Waals surface area contributed by atoms with Crippen molar-refractivity contribution in [2.24, 2.45) is 23.5 Å². The summed E-state index contributed by atoms with van der Waals surface area (Å²) in [5, 5.41) is 0. The van der Waals surface area contributed by atoms with Gasteiger partial charge in [-0.15, -0.1) is 0 Å². The number of hydrogen-bond acceptors (Lipinski definition) is 2. The first kappa shape index (κ1) is 14.0. The molecule has 1 rings (SSSR count). The Labute approximate surface area is 101 Å². The van der Waals surface area contributed by atoms with Gasteiger partial charge in [0.2, 0.25) is 0 Å². The van der Waals surface area contributed by atoms with Crippen molar-refractivity contribution in [3.05, 3.63) is 0 Å². The summed E-state index contributed by atoms with van der Waals surface area (Å²) in [5.41, 5.74) is 5.73. The third-order valence-corrected chi connectivity index (χ3v) is 4.05. The van der Waals surface area contributed by atoms with Gasteiger partial charge in [0, 0.05) is 6.54 Å². The van der Waals surface area contributed by atoms with Crippen molar-refractivity contribution in [2.45, 2.75) is 65.6 Å². The molecule has 2 heteroatoms. The maximum atomic E-state index is 6.21. The molecule has 0 aromatic rings. The van der Waals surface area contributed by atoms with Gasteiger partial charge in [-0.05, 0) is 37.0 Å². The Morgan fingerprint density at radius 2 is 2.00 bits per heavy atom. The molecule has 1 fully saturated rings. The van der Waals surface area contributed by atoms with Gasteiger partial charge in [-0.3, -0.25) is 0 Å². The molecule has 0 aromatic carbocycles. The van der Waals surface area contributed by atoms with Gasteiger partial charge in [0.1, 0.15) is 0 Å². The summed E-state index contributed by atoms with van der Waals surface area (Å²) < 4.78 is 6.21. The van der Waals surface area contributed by atoms with Gasteiger partial charge >= 0.3 is 0 Å². The van der Waals surface area contributed by atoms with Crippen LogP contribution < -0.4 is 5.73 Å². The normalized spacial score (nSPS) is 33.0. The van der Waals surface area contributed by atoms with E-state index in [1.165, 1.54) is 19.3 Å². The highest BCUT2D eigenvalue weighted by Crippen LogP contribution is 2.35. The average molecular weight is 227 g/mol. The van der Waals surface area contributed by atoms with Crippen LogP contribution in [0.5, 0.6) is 0 Å². The summed E-state index contributed by atoms with van der Waals surface area (Å²) in [6.45, 7) is 9.80. The SMILES string of the molecule is CCC(CN)OC1CC(C)CCC1C(C)C. The average Bonchev–Trinajstić information content (AvgIpc) is 2.25. The smallest absolute Gasteiger partial charge is 0.0698 e. The summed E-state index contributed by atoms with van der Waals surface area (Å²) in [4.78, 5) is 0. The monoisotopic (exact) mass is 227 g/mol. The Kier molecular flexibility index (Phi) is 5.77. The fourth-order valence-corrected chi connectivity index (χ4v) is 2.84. The molecule has 0 heterocycles. The van der Waals surface area contributed by atoms with Crippen LogP contribution in [0, 0.1) is 17.8 Å². The molecule has 0 amide bonds. The largest absolute Gasteiger partial charge is 0.373 e. The topological polar surface area (TPSA) is 35.2 Å². The van der Waals surface area contributed by atoms with Crippen LogP contribution in [0.1, 0.15) is 53.4 Å². The van der Waals surface area contributed by atoms with Crippen molar-refractivity contribution in [1.29, 1.82) is 0 Å². The van der Waals surface area contributed by atoms with Crippen LogP contribution >= 0.6 is 0 Å². The van der Waals surface area contributed by atoms with Crippen molar-refractivity contribution in [3.63, 3.8) is 0 Å². The molecule has 0 aliphatic heterocycles. The summed E-state index contributed by atoms with van der Waals surface area (Å²) in [5.74, 6) is 2.28.